The van der Waals surface area contributed by atoms with E-state index in [4.69, 9.17) is 0 Å². The molecule has 21 heavy (non-hydrogen) atoms. The molecule has 1 N–H and O–H groups in total. The minimum Gasteiger partial charge on any atom is -0.309 e. The molecule has 0 amide bonds. The highest BCUT2D eigenvalue weighted by molar-refractivity contribution is 5.30. The highest BCUT2D eigenvalue weighted by atomic mass is 19.4. The van der Waals surface area contributed by atoms with Crippen molar-refractivity contribution in [3.8, 4) is 0 Å². The lowest BCUT2D eigenvalue weighted by Gasteiger charge is -2.14. The number of nitrogens with zero attached hydrogens (tertiary/aromatic N) is 1. The molecule has 0 radical (unpaired) electrons. The Morgan fingerprint density at radius 3 is 2.48 bits per heavy atom. The molecule has 1 heterocycles. The monoisotopic (exact) mass is 298 g/mol. The number of hydrogen-bond donors (Lipinski definition) is 1. The van der Waals surface area contributed by atoms with Crippen molar-refractivity contribution in [2.24, 2.45) is 0 Å². The van der Waals surface area contributed by atoms with E-state index in [2.05, 4.69) is 10.3 Å². The molecule has 0 aliphatic heterocycles. The normalized spacial score (nSPS) is 11.7. The van der Waals surface area contributed by atoms with Crippen molar-refractivity contribution in [2.75, 3.05) is 0 Å². The predicted molar refractivity (Wildman–Crippen MR) is 70.9 cm³/mol. The molecule has 1 aromatic carbocycles. The summed E-state index contributed by atoms with van der Waals surface area (Å²) in [6.07, 6.45) is -1.25. The van der Waals surface area contributed by atoms with Crippen molar-refractivity contribution in [3.63, 3.8) is 0 Å². The van der Waals surface area contributed by atoms with Gasteiger partial charge < -0.3 is 5.32 Å². The van der Waals surface area contributed by atoms with Crippen LogP contribution in [0.4, 0.5) is 17.6 Å². The van der Waals surface area contributed by atoms with Crippen molar-refractivity contribution in [2.45, 2.75) is 26.2 Å². The van der Waals surface area contributed by atoms with Gasteiger partial charge in [0, 0.05) is 25.5 Å². The molecular weight excluding hydrogens is 284 g/mol. The largest absolute Gasteiger partial charge is 0.416 e. The Labute approximate surface area is 119 Å². The summed E-state index contributed by atoms with van der Waals surface area (Å²) in [5.74, 6) is -0.894. The first-order valence-electron chi connectivity index (χ1n) is 6.34. The maximum atomic E-state index is 13.0. The fraction of sp³-hybridized carbons (Fsp3) is 0.267. The van der Waals surface area contributed by atoms with E-state index in [1.807, 2.05) is 13.0 Å². The van der Waals surface area contributed by atoms with Crippen LogP contribution in [0.3, 0.4) is 0 Å². The van der Waals surface area contributed by atoms with Crippen LogP contribution in [0, 0.1) is 12.7 Å². The molecule has 2 nitrogen and oxygen atoms in total. The van der Waals surface area contributed by atoms with Gasteiger partial charge in [0.2, 0.25) is 0 Å². The second-order valence-electron chi connectivity index (χ2n) is 4.70. The third-order valence-electron chi connectivity index (χ3n) is 3.16. The van der Waals surface area contributed by atoms with Gasteiger partial charge in [0.15, 0.2) is 0 Å². The number of halogens is 4. The van der Waals surface area contributed by atoms with E-state index in [0.29, 0.717) is 12.6 Å². The van der Waals surface area contributed by atoms with Gasteiger partial charge in [0.05, 0.1) is 5.56 Å². The number of alkyl halides is 3. The highest BCUT2D eigenvalue weighted by Crippen LogP contribution is 2.32. The summed E-state index contributed by atoms with van der Waals surface area (Å²) in [4.78, 5) is 3.97. The van der Waals surface area contributed by atoms with Crippen molar-refractivity contribution < 1.29 is 17.6 Å². The van der Waals surface area contributed by atoms with Gasteiger partial charge in [0.1, 0.15) is 5.82 Å². The third kappa shape index (κ3) is 4.01. The zero-order chi connectivity index (χ0) is 15.5. The smallest absolute Gasteiger partial charge is 0.309 e. The first-order valence-corrected chi connectivity index (χ1v) is 6.34. The van der Waals surface area contributed by atoms with E-state index < -0.39 is 17.6 Å². The molecule has 2 aromatic rings. The standard InChI is InChI=1S/C15H14F4N2/c1-10-4-5-20-8-12(10)9-21-7-11-2-3-13(16)6-14(11)15(17,18)19/h2-6,8,21H,7,9H2,1H3. The van der Waals surface area contributed by atoms with Crippen LogP contribution in [0.1, 0.15) is 22.3 Å². The van der Waals surface area contributed by atoms with Crippen LogP contribution in [-0.2, 0) is 19.3 Å². The summed E-state index contributed by atoms with van der Waals surface area (Å²) in [5.41, 5.74) is 0.990. The number of pyridine rings is 1. The van der Waals surface area contributed by atoms with E-state index in [0.717, 1.165) is 23.3 Å². The Morgan fingerprint density at radius 2 is 1.81 bits per heavy atom. The Hall–Kier alpha value is -1.95. The van der Waals surface area contributed by atoms with Crippen LogP contribution in [0.2, 0.25) is 0 Å². The zero-order valence-corrected chi connectivity index (χ0v) is 11.3. The number of hydrogen-bond acceptors (Lipinski definition) is 2. The Bertz CT molecular complexity index is 623. The molecule has 0 spiro atoms. The van der Waals surface area contributed by atoms with Gasteiger partial charge >= 0.3 is 6.18 Å². The maximum absolute atomic E-state index is 13.0. The van der Waals surface area contributed by atoms with Gasteiger partial charge in [-0.2, -0.15) is 13.2 Å². The molecule has 0 saturated heterocycles. The molecule has 2 rings (SSSR count). The average molecular weight is 298 g/mol. The minimum atomic E-state index is -4.57. The maximum Gasteiger partial charge on any atom is 0.416 e. The number of aromatic nitrogens is 1. The van der Waals surface area contributed by atoms with Crippen molar-refractivity contribution in [1.82, 2.24) is 10.3 Å². The van der Waals surface area contributed by atoms with Crippen LogP contribution in [0.25, 0.3) is 0 Å². The first kappa shape index (κ1) is 15.4. The molecule has 0 saturated carbocycles. The van der Waals surface area contributed by atoms with Crippen LogP contribution in [-0.4, -0.2) is 4.98 Å². The lowest BCUT2D eigenvalue weighted by molar-refractivity contribution is -0.138. The van der Waals surface area contributed by atoms with Gasteiger partial charge in [-0.25, -0.2) is 4.39 Å². The summed E-state index contributed by atoms with van der Waals surface area (Å²) >= 11 is 0. The predicted octanol–water partition coefficient (Wildman–Crippen LogP) is 3.84. The second kappa shape index (κ2) is 6.22. The number of nitrogens with one attached hydrogen (secondary N) is 1. The van der Waals surface area contributed by atoms with E-state index in [-0.39, 0.29) is 12.1 Å². The quantitative estimate of drug-likeness (QED) is 0.868. The van der Waals surface area contributed by atoms with Crippen LogP contribution < -0.4 is 5.32 Å². The van der Waals surface area contributed by atoms with Gasteiger partial charge in [-0.15, -0.1) is 0 Å². The first-order chi connectivity index (χ1) is 9.88. The van der Waals surface area contributed by atoms with Gasteiger partial charge in [-0.3, -0.25) is 4.98 Å². The van der Waals surface area contributed by atoms with Gasteiger partial charge in [-0.05, 0) is 41.8 Å². The van der Waals surface area contributed by atoms with Crippen molar-refractivity contribution >= 4 is 0 Å². The Kier molecular flexibility index (Phi) is 4.57. The second-order valence-corrected chi connectivity index (χ2v) is 4.70. The molecular formula is C15H14F4N2. The lowest BCUT2D eigenvalue weighted by Crippen LogP contribution is -2.18. The van der Waals surface area contributed by atoms with E-state index in [1.165, 1.54) is 0 Å². The Morgan fingerprint density at radius 1 is 1.10 bits per heavy atom. The molecule has 0 atom stereocenters. The number of aryl methyl sites for hydroxylation is 1. The van der Waals surface area contributed by atoms with Crippen LogP contribution in [0.5, 0.6) is 0 Å². The highest BCUT2D eigenvalue weighted by Gasteiger charge is 2.33. The molecule has 0 fully saturated rings. The number of rotatable bonds is 4. The lowest BCUT2D eigenvalue weighted by atomic mass is 10.1. The van der Waals surface area contributed by atoms with Crippen LogP contribution in [0.15, 0.2) is 36.7 Å². The van der Waals surface area contributed by atoms with Crippen molar-refractivity contribution in [3.05, 3.63) is 64.7 Å². The molecule has 0 bridgehead atoms. The summed E-state index contributed by atoms with van der Waals surface area (Å²) < 4.78 is 51.5. The fourth-order valence-electron chi connectivity index (χ4n) is 1.98. The minimum absolute atomic E-state index is 0.00343. The fourth-order valence-corrected chi connectivity index (χ4v) is 1.98. The summed E-state index contributed by atoms with van der Waals surface area (Å²) in [7, 11) is 0. The SMILES string of the molecule is Cc1ccncc1CNCc1ccc(F)cc1C(F)(F)F. The van der Waals surface area contributed by atoms with E-state index in [1.54, 1.807) is 12.4 Å². The summed E-state index contributed by atoms with van der Waals surface area (Å²) in [6, 6.07) is 4.53. The van der Waals surface area contributed by atoms with Gasteiger partial charge in [-0.1, -0.05) is 6.07 Å². The molecule has 112 valence electrons. The van der Waals surface area contributed by atoms with Gasteiger partial charge in [0.25, 0.3) is 0 Å². The molecule has 0 unspecified atom stereocenters. The average Bonchev–Trinajstić information content (AvgIpc) is 2.41. The van der Waals surface area contributed by atoms with E-state index in [9.17, 15) is 17.6 Å². The molecule has 0 aliphatic rings. The van der Waals surface area contributed by atoms with Crippen LogP contribution >= 0.6 is 0 Å². The summed E-state index contributed by atoms with van der Waals surface area (Å²) in [6.45, 7) is 2.30. The molecule has 1 aromatic heterocycles. The third-order valence-corrected chi connectivity index (χ3v) is 3.16. The zero-order valence-electron chi connectivity index (χ0n) is 11.3. The number of benzene rings is 1. The summed E-state index contributed by atoms with van der Waals surface area (Å²) in [5, 5.41) is 2.93. The topological polar surface area (TPSA) is 24.9 Å². The van der Waals surface area contributed by atoms with E-state index >= 15 is 0 Å². The molecule has 0 aliphatic carbocycles. The Balaban J connectivity index is 2.09. The van der Waals surface area contributed by atoms with Crippen molar-refractivity contribution in [1.29, 1.82) is 0 Å². The molecule has 6 heteroatoms.